The number of unbranched alkanes of at least 4 members (excludes halogenated alkanes) is 4. The largest absolute Gasteiger partial charge is 0.496 e. The van der Waals surface area contributed by atoms with Crippen LogP contribution in [0.25, 0.3) is 0 Å². The van der Waals surface area contributed by atoms with Crippen molar-refractivity contribution in [3.8, 4) is 35.2 Å². The third kappa shape index (κ3) is 6.59. The molecule has 24 heavy (non-hydrogen) atoms. The molecule has 1 aromatic carbocycles. The summed E-state index contributed by atoms with van der Waals surface area (Å²) in [6.07, 6.45) is 7.91. The molecule has 2 nitrogen and oxygen atoms in total. The van der Waals surface area contributed by atoms with Crippen LogP contribution in [0.1, 0.15) is 63.5 Å². The third-order valence-corrected chi connectivity index (χ3v) is 3.88. The zero-order valence-corrected chi connectivity index (χ0v) is 15.6. The molecule has 1 rings (SSSR count). The van der Waals surface area contributed by atoms with E-state index in [1.54, 1.807) is 14.2 Å². The molecule has 130 valence electrons. The van der Waals surface area contributed by atoms with E-state index in [0.29, 0.717) is 12.8 Å². The summed E-state index contributed by atoms with van der Waals surface area (Å²) >= 11 is 0. The van der Waals surface area contributed by atoms with Gasteiger partial charge in [0.05, 0.1) is 14.2 Å². The summed E-state index contributed by atoms with van der Waals surface area (Å²) in [5.41, 5.74) is 2.20. The van der Waals surface area contributed by atoms with Crippen LogP contribution in [-0.4, -0.2) is 14.2 Å². The number of rotatable bonds is 8. The van der Waals surface area contributed by atoms with Crippen LogP contribution >= 0.6 is 0 Å². The SMILES string of the molecule is CCCCC#CCc1c(OC)ccc(OC)c1CC#CCCCC. The Hall–Kier alpha value is -2.06. The average Bonchev–Trinajstić information content (AvgIpc) is 2.61. The molecule has 2 heteroatoms. The van der Waals surface area contributed by atoms with E-state index in [-0.39, 0.29) is 0 Å². The lowest BCUT2D eigenvalue weighted by atomic mass is 9.99. The lowest BCUT2D eigenvalue weighted by molar-refractivity contribution is 0.396. The van der Waals surface area contributed by atoms with Gasteiger partial charge in [-0.2, -0.15) is 0 Å². The first-order valence-corrected chi connectivity index (χ1v) is 8.92. The summed E-state index contributed by atoms with van der Waals surface area (Å²) in [5, 5.41) is 0. The zero-order chi connectivity index (χ0) is 17.6. The molecule has 0 N–H and O–H groups in total. The van der Waals surface area contributed by atoms with Gasteiger partial charge in [-0.3, -0.25) is 0 Å². The van der Waals surface area contributed by atoms with Crippen LogP contribution in [-0.2, 0) is 12.8 Å². The van der Waals surface area contributed by atoms with Gasteiger partial charge in [0, 0.05) is 36.8 Å². The third-order valence-electron chi connectivity index (χ3n) is 3.88. The van der Waals surface area contributed by atoms with E-state index < -0.39 is 0 Å². The molecule has 1 aromatic rings. The van der Waals surface area contributed by atoms with Gasteiger partial charge in [0.2, 0.25) is 0 Å². The molecule has 0 bridgehead atoms. The fourth-order valence-corrected chi connectivity index (χ4v) is 2.43. The smallest absolute Gasteiger partial charge is 0.123 e. The molecule has 0 atom stereocenters. The first kappa shape index (κ1) is 20.0. The van der Waals surface area contributed by atoms with Crippen molar-refractivity contribution in [2.75, 3.05) is 14.2 Å². The second-order valence-electron chi connectivity index (χ2n) is 5.69. The minimum atomic E-state index is 0.677. The summed E-state index contributed by atoms with van der Waals surface area (Å²) in [7, 11) is 3.40. The minimum absolute atomic E-state index is 0.677. The Morgan fingerprint density at radius 2 is 1.12 bits per heavy atom. The van der Waals surface area contributed by atoms with Gasteiger partial charge in [-0.1, -0.05) is 38.5 Å². The fourth-order valence-electron chi connectivity index (χ4n) is 2.43. The fraction of sp³-hybridized carbons (Fsp3) is 0.545. The van der Waals surface area contributed by atoms with Crippen molar-refractivity contribution in [2.45, 2.75) is 65.2 Å². The summed E-state index contributed by atoms with van der Waals surface area (Å²) in [6, 6.07) is 3.91. The molecule has 0 aliphatic heterocycles. The number of hydrogen-bond donors (Lipinski definition) is 0. The van der Waals surface area contributed by atoms with Crippen LogP contribution < -0.4 is 9.47 Å². The number of methoxy groups -OCH3 is 2. The highest BCUT2D eigenvalue weighted by molar-refractivity contribution is 5.51. The predicted octanol–water partition coefficient (Wildman–Crippen LogP) is 5.18. The second kappa shape index (κ2) is 12.4. The number of hydrogen-bond acceptors (Lipinski definition) is 2. The van der Waals surface area contributed by atoms with Crippen LogP contribution in [0.2, 0.25) is 0 Å². The standard InChI is InChI=1S/C22H30O2/c1-5-7-9-11-13-15-19-20(16-14-12-10-8-6-2)22(24-4)18-17-21(19)23-3/h17-18H,5-10,15-16H2,1-4H3. The molecule has 0 fully saturated rings. The number of benzene rings is 1. The van der Waals surface area contributed by atoms with Gasteiger partial charge in [-0.15, -0.1) is 11.8 Å². The molecular formula is C22H30O2. The van der Waals surface area contributed by atoms with E-state index in [0.717, 1.165) is 48.3 Å². The molecular weight excluding hydrogens is 296 g/mol. The van der Waals surface area contributed by atoms with Crippen molar-refractivity contribution in [3.05, 3.63) is 23.3 Å². The van der Waals surface area contributed by atoms with Crippen LogP contribution in [0.15, 0.2) is 12.1 Å². The first-order valence-electron chi connectivity index (χ1n) is 8.92. The quantitative estimate of drug-likeness (QED) is 0.484. The van der Waals surface area contributed by atoms with Crippen molar-refractivity contribution in [1.82, 2.24) is 0 Å². The molecule has 0 saturated heterocycles. The van der Waals surface area contributed by atoms with Gasteiger partial charge in [-0.05, 0) is 25.0 Å². The van der Waals surface area contributed by atoms with Gasteiger partial charge in [0.25, 0.3) is 0 Å². The maximum atomic E-state index is 5.54. The molecule has 0 amide bonds. The summed E-state index contributed by atoms with van der Waals surface area (Å²) in [4.78, 5) is 0. The second-order valence-corrected chi connectivity index (χ2v) is 5.69. The van der Waals surface area contributed by atoms with Gasteiger partial charge in [0.15, 0.2) is 0 Å². The molecule has 0 aromatic heterocycles. The maximum Gasteiger partial charge on any atom is 0.123 e. The molecule has 0 unspecified atom stereocenters. The van der Waals surface area contributed by atoms with E-state index in [4.69, 9.17) is 9.47 Å². The van der Waals surface area contributed by atoms with Gasteiger partial charge < -0.3 is 9.47 Å². The average molecular weight is 326 g/mol. The highest BCUT2D eigenvalue weighted by atomic mass is 16.5. The Bertz CT molecular complexity index is 554. The highest BCUT2D eigenvalue weighted by Crippen LogP contribution is 2.31. The monoisotopic (exact) mass is 326 g/mol. The molecule has 0 aliphatic carbocycles. The molecule has 0 radical (unpaired) electrons. The lowest BCUT2D eigenvalue weighted by Crippen LogP contribution is -2.01. The van der Waals surface area contributed by atoms with Crippen molar-refractivity contribution in [3.63, 3.8) is 0 Å². The highest BCUT2D eigenvalue weighted by Gasteiger charge is 2.13. The van der Waals surface area contributed by atoms with E-state index >= 15 is 0 Å². The first-order chi connectivity index (χ1) is 11.8. The molecule has 0 saturated carbocycles. The van der Waals surface area contributed by atoms with Crippen LogP contribution in [0.3, 0.4) is 0 Å². The van der Waals surface area contributed by atoms with E-state index in [2.05, 4.69) is 37.5 Å². The molecule has 0 heterocycles. The van der Waals surface area contributed by atoms with Crippen molar-refractivity contribution in [2.24, 2.45) is 0 Å². The Morgan fingerprint density at radius 1 is 0.708 bits per heavy atom. The van der Waals surface area contributed by atoms with Gasteiger partial charge >= 0.3 is 0 Å². The summed E-state index contributed by atoms with van der Waals surface area (Å²) < 4.78 is 11.1. The Morgan fingerprint density at radius 3 is 1.46 bits per heavy atom. The maximum absolute atomic E-state index is 5.54. The van der Waals surface area contributed by atoms with Crippen molar-refractivity contribution in [1.29, 1.82) is 0 Å². The van der Waals surface area contributed by atoms with E-state index in [1.807, 2.05) is 12.1 Å². The van der Waals surface area contributed by atoms with E-state index in [9.17, 15) is 0 Å². The normalized spacial score (nSPS) is 9.50. The van der Waals surface area contributed by atoms with Crippen molar-refractivity contribution < 1.29 is 9.47 Å². The van der Waals surface area contributed by atoms with Crippen molar-refractivity contribution >= 4 is 0 Å². The summed E-state index contributed by atoms with van der Waals surface area (Å²) in [6.45, 7) is 4.37. The van der Waals surface area contributed by atoms with Gasteiger partial charge in [0.1, 0.15) is 11.5 Å². The van der Waals surface area contributed by atoms with E-state index in [1.165, 1.54) is 12.8 Å². The molecule has 0 spiro atoms. The van der Waals surface area contributed by atoms with Crippen LogP contribution in [0.5, 0.6) is 11.5 Å². The minimum Gasteiger partial charge on any atom is -0.496 e. The Labute approximate surface area is 147 Å². The Kier molecular flexibility index (Phi) is 10.3. The predicted molar refractivity (Wildman–Crippen MR) is 102 cm³/mol. The van der Waals surface area contributed by atoms with Crippen LogP contribution in [0, 0.1) is 23.7 Å². The zero-order valence-electron chi connectivity index (χ0n) is 15.6. The molecule has 0 aliphatic rings. The van der Waals surface area contributed by atoms with Gasteiger partial charge in [-0.25, -0.2) is 0 Å². The summed E-state index contributed by atoms with van der Waals surface area (Å²) in [5.74, 6) is 14.8. The van der Waals surface area contributed by atoms with Crippen LogP contribution in [0.4, 0.5) is 0 Å². The Balaban J connectivity index is 3.01. The topological polar surface area (TPSA) is 18.5 Å². The number of ether oxygens (including phenoxy) is 2. The lowest BCUT2D eigenvalue weighted by Gasteiger charge is -2.14.